The molecule has 5 aromatic carbocycles. The van der Waals surface area contributed by atoms with Gasteiger partial charge in [-0.15, -0.1) is 0 Å². The lowest BCUT2D eigenvalue weighted by Crippen LogP contribution is -1.84. The van der Waals surface area contributed by atoms with Crippen molar-refractivity contribution in [3.63, 3.8) is 0 Å². The fourth-order valence-electron chi connectivity index (χ4n) is 5.25. The second-order valence-electron chi connectivity index (χ2n) is 17.2. The molecule has 12 nitrogen and oxygen atoms in total. The molecule has 0 aliphatic rings. The minimum atomic E-state index is 0.759. The van der Waals surface area contributed by atoms with E-state index in [1.54, 1.807) is 80.4 Å². The fraction of sp³-hybridized carbons (Fsp3) is 0.353. The van der Waals surface area contributed by atoms with Crippen LogP contribution in [0.2, 0.25) is 0 Å². The summed E-state index contributed by atoms with van der Waals surface area (Å²) in [5, 5.41) is 0. The SMILES string of the molecule is CC.CC.CC.CC.CC.CC.CC.CC.CC.CC.CC.CC.CC.CC.Cc1ccccc1.Cc1ccccc1.Cc1ccccc1.Cc1ccccc1.Cc1ccccn1.Cc1ccncn1.Cc1ncccn1.Cc1ncncn1.c1ccccc1.c1ccncc1.c1ccncc1.c1ccncc1.c1ccncc1. The molecule has 12 heteroatoms. The van der Waals surface area contributed by atoms with Crippen molar-refractivity contribution < 1.29 is 0 Å². The number of hydrogen-bond acceptors (Lipinski definition) is 12. The monoisotopic (exact) mass is 1560 g/mol. The lowest BCUT2D eigenvalue weighted by molar-refractivity contribution is 0.974. The third kappa shape index (κ3) is 147. The Morgan fingerprint density at radius 1 is 0.132 bits per heavy atom. The van der Waals surface area contributed by atoms with E-state index >= 15 is 0 Å². The molecular formula is C102H166N12. The molecule has 0 aliphatic carbocycles. The van der Waals surface area contributed by atoms with Gasteiger partial charge in [0.05, 0.1) is 0 Å². The molecule has 0 aliphatic heterocycles. The van der Waals surface area contributed by atoms with E-state index in [4.69, 9.17) is 0 Å². The van der Waals surface area contributed by atoms with Crippen LogP contribution < -0.4 is 0 Å². The lowest BCUT2D eigenvalue weighted by Gasteiger charge is -1.82. The van der Waals surface area contributed by atoms with E-state index in [0.717, 1.165) is 23.0 Å². The Labute approximate surface area is 704 Å². The maximum absolute atomic E-state index is 3.98. The van der Waals surface area contributed by atoms with Crippen LogP contribution in [0, 0.1) is 55.4 Å². The second-order valence-corrected chi connectivity index (χ2v) is 17.2. The molecule has 0 saturated heterocycles. The molecule has 634 valence electrons. The Morgan fingerprint density at radius 3 is 0.421 bits per heavy atom. The number of nitrogens with zero attached hydrogens (tertiary/aromatic N) is 12. The van der Waals surface area contributed by atoms with E-state index in [1.807, 2.05) is 428 Å². The van der Waals surface area contributed by atoms with Crippen LogP contribution in [0.5, 0.6) is 0 Å². The van der Waals surface area contributed by atoms with E-state index in [2.05, 4.69) is 136 Å². The van der Waals surface area contributed by atoms with Gasteiger partial charge in [0.2, 0.25) is 0 Å². The Morgan fingerprint density at radius 2 is 0.316 bits per heavy atom. The average Bonchev–Trinajstić information content (AvgIpc) is 1.07. The van der Waals surface area contributed by atoms with E-state index in [-0.39, 0.29) is 0 Å². The summed E-state index contributed by atoms with van der Waals surface area (Å²) in [5.41, 5.74) is 7.37. The number of pyridine rings is 5. The molecule has 0 spiro atoms. The number of aromatic nitrogens is 12. The summed E-state index contributed by atoms with van der Waals surface area (Å²) in [4.78, 5) is 45.6. The normalized spacial score (nSPS) is 7.12. The molecule has 0 bridgehead atoms. The molecule has 0 atom stereocenters. The predicted octanol–water partition coefficient (Wildman–Crippen LogP) is 31.5. The van der Waals surface area contributed by atoms with E-state index in [1.165, 1.54) is 41.2 Å². The Hall–Kier alpha value is -11.0. The molecular weight excluding hydrogens is 1390 g/mol. The van der Waals surface area contributed by atoms with Gasteiger partial charge in [-0.2, -0.15) is 0 Å². The van der Waals surface area contributed by atoms with Gasteiger partial charge in [-0.3, -0.25) is 24.9 Å². The van der Waals surface area contributed by atoms with Crippen LogP contribution in [0.3, 0.4) is 0 Å². The third-order valence-electron chi connectivity index (χ3n) is 9.55. The first-order valence-electron chi connectivity index (χ1n) is 41.5. The predicted molar refractivity (Wildman–Crippen MR) is 514 cm³/mol. The van der Waals surface area contributed by atoms with Crippen LogP contribution in [0.1, 0.15) is 239 Å². The Balaban J connectivity index is -0.0000000772. The third-order valence-corrected chi connectivity index (χ3v) is 9.55. The number of rotatable bonds is 0. The summed E-state index contributed by atoms with van der Waals surface area (Å²) in [6.45, 7) is 71.9. The Bertz CT molecular complexity index is 2510. The average molecular weight is 1560 g/mol. The van der Waals surface area contributed by atoms with Gasteiger partial charge in [-0.05, 0) is 128 Å². The summed E-state index contributed by atoms with van der Waals surface area (Å²) in [5.74, 6) is 1.58. The molecule has 8 heterocycles. The zero-order valence-corrected chi connectivity index (χ0v) is 78.9. The molecule has 0 amide bonds. The largest absolute Gasteiger partial charge is 0.265 e. The molecule has 0 unspecified atom stereocenters. The number of aryl methyl sites for hydroxylation is 8. The summed E-state index contributed by atoms with van der Waals surface area (Å²) in [6, 6.07) is 85.4. The molecule has 8 aromatic heterocycles. The fourth-order valence-corrected chi connectivity index (χ4v) is 5.25. The van der Waals surface area contributed by atoms with Gasteiger partial charge >= 0.3 is 0 Å². The van der Waals surface area contributed by atoms with Crippen LogP contribution >= 0.6 is 0 Å². The number of benzene rings is 5. The topological polar surface area (TPSA) is 155 Å². The molecule has 114 heavy (non-hydrogen) atoms. The van der Waals surface area contributed by atoms with Gasteiger partial charge in [0, 0.05) is 85.7 Å². The highest BCUT2D eigenvalue weighted by atomic mass is 15.0. The van der Waals surface area contributed by atoms with Gasteiger partial charge in [-0.25, -0.2) is 34.9 Å². The quantitative estimate of drug-likeness (QED) is 0.142. The molecule has 0 fully saturated rings. The van der Waals surface area contributed by atoms with Crippen molar-refractivity contribution in [1.29, 1.82) is 0 Å². The summed E-state index contributed by atoms with van der Waals surface area (Å²) < 4.78 is 0. The molecule has 0 saturated carbocycles. The first-order valence-corrected chi connectivity index (χ1v) is 41.5. The van der Waals surface area contributed by atoms with Gasteiger partial charge in [0.15, 0.2) is 0 Å². The van der Waals surface area contributed by atoms with Crippen molar-refractivity contribution in [2.24, 2.45) is 0 Å². The highest BCUT2D eigenvalue weighted by molar-refractivity contribution is 5.14. The number of hydrogen-bond donors (Lipinski definition) is 0. The van der Waals surface area contributed by atoms with Crippen molar-refractivity contribution in [2.75, 3.05) is 0 Å². The first kappa shape index (κ1) is 135. The molecule has 0 radical (unpaired) electrons. The van der Waals surface area contributed by atoms with Crippen molar-refractivity contribution in [1.82, 2.24) is 59.8 Å². The van der Waals surface area contributed by atoms with Crippen molar-refractivity contribution in [2.45, 2.75) is 249 Å². The maximum Gasteiger partial charge on any atom is 0.128 e. The van der Waals surface area contributed by atoms with Crippen molar-refractivity contribution in [3.05, 3.63) is 399 Å². The zero-order valence-electron chi connectivity index (χ0n) is 78.9. The van der Waals surface area contributed by atoms with Gasteiger partial charge in [-0.1, -0.05) is 404 Å². The maximum atomic E-state index is 3.98. The van der Waals surface area contributed by atoms with Crippen LogP contribution in [0.25, 0.3) is 0 Å². The standard InChI is InChI=1S/4C7H8.C6H7N.C6H6.2C5H6N2.4C5H5N.C4H5N3.14C2H6/c4*1-7-5-3-2-4-6-7;1-6-4-2-3-5-7-6;1-2-4-6-5-3-1;1-5-2-3-6-4-7-5;1-5-6-3-2-4-7-5;4*1-2-4-6-5-3-1;1-4-6-2-5-3-7-4;14*1-2/h4*2-6H,1H3;2-5H,1H3;1-6H;2*2-4H,1H3;4*1-5H;2-3H,1H3;14*1-2H3. The Kier molecular flexibility index (Phi) is 179. The van der Waals surface area contributed by atoms with Gasteiger partial charge < -0.3 is 0 Å². The minimum absolute atomic E-state index is 0.759. The summed E-state index contributed by atoms with van der Waals surface area (Å²) in [6.07, 6.45) is 25.4. The van der Waals surface area contributed by atoms with Crippen LogP contribution in [-0.4, -0.2) is 59.8 Å². The summed E-state index contributed by atoms with van der Waals surface area (Å²) in [7, 11) is 0. The van der Waals surface area contributed by atoms with Crippen LogP contribution in [0.15, 0.2) is 354 Å². The van der Waals surface area contributed by atoms with E-state index < -0.39 is 0 Å². The molecule has 0 N–H and O–H groups in total. The van der Waals surface area contributed by atoms with Crippen LogP contribution in [0.4, 0.5) is 0 Å². The van der Waals surface area contributed by atoms with Crippen molar-refractivity contribution in [3.8, 4) is 0 Å². The second kappa shape index (κ2) is 151. The van der Waals surface area contributed by atoms with E-state index in [9.17, 15) is 0 Å². The summed E-state index contributed by atoms with van der Waals surface area (Å²) >= 11 is 0. The minimum Gasteiger partial charge on any atom is -0.265 e. The molecule has 13 aromatic rings. The lowest BCUT2D eigenvalue weighted by atomic mass is 10.2. The molecule has 13 rings (SSSR count). The highest BCUT2D eigenvalue weighted by Gasteiger charge is 1.79. The highest BCUT2D eigenvalue weighted by Crippen LogP contribution is 1.95. The van der Waals surface area contributed by atoms with Gasteiger partial charge in [0.25, 0.3) is 0 Å². The zero-order chi connectivity index (χ0) is 90.1. The van der Waals surface area contributed by atoms with Crippen LogP contribution in [-0.2, 0) is 0 Å². The van der Waals surface area contributed by atoms with Crippen molar-refractivity contribution >= 4 is 0 Å². The first-order chi connectivity index (χ1) is 56.2. The van der Waals surface area contributed by atoms with E-state index in [0.29, 0.717) is 0 Å². The van der Waals surface area contributed by atoms with Gasteiger partial charge in [0.1, 0.15) is 30.6 Å². The smallest absolute Gasteiger partial charge is 0.128 e.